The number of thiazole rings is 1. The Hall–Kier alpha value is -1.89. The minimum Gasteiger partial charge on any atom is -0.455 e. The Morgan fingerprint density at radius 3 is 2.80 bits per heavy atom. The number of benzene rings is 2. The van der Waals surface area contributed by atoms with Crippen molar-refractivity contribution < 1.29 is 13.9 Å². The number of hydrogen-bond donors (Lipinski definition) is 0. The number of carbonyl (C=O) groups excluding carboxylic acids is 1. The van der Waals surface area contributed by atoms with Crippen LogP contribution < -0.4 is 4.90 Å². The number of aromatic nitrogens is 1. The normalized spacial score (nSPS) is 14.6. The van der Waals surface area contributed by atoms with Crippen LogP contribution in [0.2, 0.25) is 10.0 Å². The fourth-order valence-corrected chi connectivity index (χ4v) is 4.05. The van der Waals surface area contributed by atoms with Crippen LogP contribution >= 0.6 is 34.5 Å². The Morgan fingerprint density at radius 1 is 1.24 bits per heavy atom. The van der Waals surface area contributed by atoms with Gasteiger partial charge in [0, 0.05) is 5.02 Å². The molecule has 2 aromatic carbocycles. The van der Waals surface area contributed by atoms with E-state index in [1.807, 2.05) is 4.90 Å². The molecule has 0 radical (unpaired) electrons. The van der Waals surface area contributed by atoms with Gasteiger partial charge < -0.3 is 9.64 Å². The maximum absolute atomic E-state index is 13.3. The van der Waals surface area contributed by atoms with E-state index in [2.05, 4.69) is 4.98 Å². The number of esters is 1. The number of halogens is 3. The van der Waals surface area contributed by atoms with Crippen molar-refractivity contribution in [3.8, 4) is 0 Å². The first-order chi connectivity index (χ1) is 12.0. The Bertz CT molecular complexity index is 972. The third-order valence-electron chi connectivity index (χ3n) is 3.88. The molecule has 1 saturated heterocycles. The predicted molar refractivity (Wildman–Crippen MR) is 97.5 cm³/mol. The van der Waals surface area contributed by atoms with Crippen LogP contribution in [0.25, 0.3) is 10.2 Å². The van der Waals surface area contributed by atoms with Gasteiger partial charge in [-0.15, -0.1) is 0 Å². The summed E-state index contributed by atoms with van der Waals surface area (Å²) in [6, 6.07) is 9.17. The monoisotopic (exact) mass is 396 g/mol. The van der Waals surface area contributed by atoms with Crippen molar-refractivity contribution in [2.75, 3.05) is 18.0 Å². The van der Waals surface area contributed by atoms with Gasteiger partial charge in [-0.3, -0.25) is 0 Å². The predicted octanol–water partition coefficient (Wildman–Crippen LogP) is 4.79. The van der Waals surface area contributed by atoms with Crippen LogP contribution in [0, 0.1) is 5.82 Å². The van der Waals surface area contributed by atoms with E-state index in [0.717, 1.165) is 15.3 Å². The molecule has 1 aliphatic rings. The van der Waals surface area contributed by atoms with Crippen molar-refractivity contribution >= 4 is 55.9 Å². The number of anilines is 1. The third-order valence-corrected chi connectivity index (χ3v) is 5.51. The highest BCUT2D eigenvalue weighted by atomic mass is 35.5. The largest absolute Gasteiger partial charge is 0.455 e. The lowest BCUT2D eigenvalue weighted by atomic mass is 10.2. The summed E-state index contributed by atoms with van der Waals surface area (Å²) in [7, 11) is 0. The molecule has 0 N–H and O–H groups in total. The summed E-state index contributed by atoms with van der Waals surface area (Å²) < 4.78 is 19.5. The molecule has 0 amide bonds. The second-order valence-corrected chi connectivity index (χ2v) is 7.52. The van der Waals surface area contributed by atoms with Gasteiger partial charge in [0.25, 0.3) is 0 Å². The average molecular weight is 397 g/mol. The standard InChI is InChI=1S/C17H11Cl2FN2O2S/c18-9-1-3-12(13(19)5-9)16(23)24-11-7-22(8-11)17-21-14-4-2-10(20)6-15(14)25-17/h1-6,11H,7-8H2. The van der Waals surface area contributed by atoms with E-state index in [-0.39, 0.29) is 16.9 Å². The van der Waals surface area contributed by atoms with Crippen LogP contribution in [0.5, 0.6) is 0 Å². The van der Waals surface area contributed by atoms with Gasteiger partial charge in [0.05, 0.1) is 33.9 Å². The fraction of sp³-hybridized carbons (Fsp3) is 0.176. The molecule has 4 nitrogen and oxygen atoms in total. The first-order valence-electron chi connectivity index (χ1n) is 7.46. The summed E-state index contributed by atoms with van der Waals surface area (Å²) in [6.07, 6.45) is -0.233. The summed E-state index contributed by atoms with van der Waals surface area (Å²) in [5, 5.41) is 1.52. The van der Waals surface area contributed by atoms with Gasteiger partial charge in [-0.25, -0.2) is 14.2 Å². The van der Waals surface area contributed by atoms with E-state index >= 15 is 0 Å². The van der Waals surface area contributed by atoms with Gasteiger partial charge in [-0.2, -0.15) is 0 Å². The van der Waals surface area contributed by atoms with Gasteiger partial charge in [0.1, 0.15) is 11.9 Å². The Labute approximate surface area is 156 Å². The van der Waals surface area contributed by atoms with Gasteiger partial charge in [0.2, 0.25) is 0 Å². The topological polar surface area (TPSA) is 42.4 Å². The van der Waals surface area contributed by atoms with Gasteiger partial charge >= 0.3 is 5.97 Å². The number of nitrogens with zero attached hydrogens (tertiary/aromatic N) is 2. The van der Waals surface area contributed by atoms with Crippen molar-refractivity contribution in [1.29, 1.82) is 0 Å². The molecule has 2 heterocycles. The quantitative estimate of drug-likeness (QED) is 0.597. The van der Waals surface area contributed by atoms with Crippen LogP contribution in [0.15, 0.2) is 36.4 Å². The summed E-state index contributed by atoms with van der Waals surface area (Å²) in [6.45, 7) is 1.08. The molecule has 0 atom stereocenters. The Balaban J connectivity index is 1.40. The second-order valence-electron chi connectivity index (χ2n) is 5.66. The van der Waals surface area contributed by atoms with Crippen molar-refractivity contribution in [1.82, 2.24) is 4.98 Å². The van der Waals surface area contributed by atoms with Crippen LogP contribution in [0.3, 0.4) is 0 Å². The highest BCUT2D eigenvalue weighted by molar-refractivity contribution is 7.22. The molecule has 25 heavy (non-hydrogen) atoms. The van der Waals surface area contributed by atoms with E-state index in [1.54, 1.807) is 18.2 Å². The van der Waals surface area contributed by atoms with E-state index in [9.17, 15) is 9.18 Å². The van der Waals surface area contributed by atoms with Crippen LogP contribution in [0.4, 0.5) is 9.52 Å². The molecule has 3 aromatic rings. The maximum atomic E-state index is 13.3. The summed E-state index contributed by atoms with van der Waals surface area (Å²) >= 11 is 13.3. The van der Waals surface area contributed by atoms with Crippen LogP contribution in [-0.4, -0.2) is 30.1 Å². The smallest absolute Gasteiger partial charge is 0.340 e. The van der Waals surface area contributed by atoms with E-state index in [1.165, 1.54) is 29.5 Å². The third kappa shape index (κ3) is 3.29. The molecule has 1 fully saturated rings. The molecular weight excluding hydrogens is 386 g/mol. The fourth-order valence-electron chi connectivity index (χ4n) is 2.56. The minimum absolute atomic E-state index is 0.233. The lowest BCUT2D eigenvalue weighted by Crippen LogP contribution is -2.53. The molecule has 8 heteroatoms. The summed E-state index contributed by atoms with van der Waals surface area (Å²) in [5.74, 6) is -0.754. The Morgan fingerprint density at radius 2 is 2.04 bits per heavy atom. The molecule has 1 aliphatic heterocycles. The van der Waals surface area contributed by atoms with Crippen molar-refractivity contribution in [3.63, 3.8) is 0 Å². The van der Waals surface area contributed by atoms with Crippen LogP contribution in [-0.2, 0) is 4.74 Å². The van der Waals surface area contributed by atoms with Gasteiger partial charge in [-0.05, 0) is 36.4 Å². The molecule has 0 saturated carbocycles. The van der Waals surface area contributed by atoms with Gasteiger partial charge in [0.15, 0.2) is 5.13 Å². The van der Waals surface area contributed by atoms with Crippen molar-refractivity contribution in [2.45, 2.75) is 6.10 Å². The van der Waals surface area contributed by atoms with Crippen molar-refractivity contribution in [2.24, 2.45) is 0 Å². The second kappa shape index (κ2) is 6.44. The number of fused-ring (bicyclic) bond motifs is 1. The summed E-state index contributed by atoms with van der Waals surface area (Å²) in [5.41, 5.74) is 1.05. The lowest BCUT2D eigenvalue weighted by molar-refractivity contribution is 0.0234. The first-order valence-corrected chi connectivity index (χ1v) is 9.04. The van der Waals surface area contributed by atoms with Gasteiger partial charge in [-0.1, -0.05) is 34.5 Å². The number of hydrogen-bond acceptors (Lipinski definition) is 5. The Kier molecular flexibility index (Phi) is 4.27. The SMILES string of the molecule is O=C(OC1CN(c2nc3ccc(F)cc3s2)C1)c1ccc(Cl)cc1Cl. The van der Waals surface area contributed by atoms with Crippen LogP contribution in [0.1, 0.15) is 10.4 Å². The highest BCUT2D eigenvalue weighted by Crippen LogP contribution is 2.32. The zero-order valence-electron chi connectivity index (χ0n) is 12.7. The zero-order valence-corrected chi connectivity index (χ0v) is 15.0. The molecule has 4 rings (SSSR count). The molecular formula is C17H11Cl2FN2O2S. The van der Waals surface area contributed by atoms with E-state index < -0.39 is 5.97 Å². The summed E-state index contributed by atoms with van der Waals surface area (Å²) in [4.78, 5) is 18.6. The molecule has 0 bridgehead atoms. The molecule has 0 aliphatic carbocycles. The lowest BCUT2D eigenvalue weighted by Gasteiger charge is -2.38. The first kappa shape index (κ1) is 16.6. The highest BCUT2D eigenvalue weighted by Gasteiger charge is 2.32. The molecule has 0 unspecified atom stereocenters. The van der Waals surface area contributed by atoms with Crippen molar-refractivity contribution in [3.05, 3.63) is 57.8 Å². The number of rotatable bonds is 3. The molecule has 128 valence electrons. The molecule has 0 spiro atoms. The number of ether oxygens (including phenoxy) is 1. The molecule has 1 aromatic heterocycles. The number of carbonyl (C=O) groups is 1. The van der Waals surface area contributed by atoms with E-state index in [4.69, 9.17) is 27.9 Å². The maximum Gasteiger partial charge on any atom is 0.340 e. The zero-order chi connectivity index (χ0) is 17.6. The van der Waals surface area contributed by atoms with E-state index in [0.29, 0.717) is 23.7 Å². The average Bonchev–Trinajstić information content (AvgIpc) is 2.92. The minimum atomic E-state index is -0.474.